The van der Waals surface area contributed by atoms with E-state index < -0.39 is 0 Å². The Hall–Kier alpha value is -1.60. The normalized spacial score (nSPS) is 13.7. The summed E-state index contributed by atoms with van der Waals surface area (Å²) < 4.78 is 0. The second kappa shape index (κ2) is 2.94. The van der Waals surface area contributed by atoms with Crippen LogP contribution in [0.5, 0.6) is 0 Å². The van der Waals surface area contributed by atoms with E-state index in [0.29, 0.717) is 10.6 Å². The van der Waals surface area contributed by atoms with Gasteiger partial charge in [-0.25, -0.2) is 0 Å². The molecule has 0 spiro atoms. The number of hydrogen-bond acceptors (Lipinski definition) is 1. The summed E-state index contributed by atoms with van der Waals surface area (Å²) in [5, 5.41) is 2.78. The summed E-state index contributed by atoms with van der Waals surface area (Å²) in [6, 6.07) is 11.8. The zero-order chi connectivity index (χ0) is 10.4. The number of aldehydes is 1. The molecule has 0 radical (unpaired) electrons. The van der Waals surface area contributed by atoms with Gasteiger partial charge in [0.15, 0.2) is 6.29 Å². The Morgan fingerprint density at radius 2 is 1.67 bits per heavy atom. The minimum atomic E-state index is 0.566. The Morgan fingerprint density at radius 3 is 2.33 bits per heavy atom. The molecule has 0 atom stereocenters. The van der Waals surface area contributed by atoms with Crippen molar-refractivity contribution >= 4 is 39.3 Å². The second-order valence-corrected chi connectivity index (χ2v) is 3.93. The predicted octanol–water partition coefficient (Wildman–Crippen LogP) is 3.46. The molecule has 1 aliphatic rings. The first-order valence-electron chi connectivity index (χ1n) is 4.70. The smallest absolute Gasteiger partial charge is 0.152 e. The molecule has 1 nitrogen and oxygen atoms in total. The summed E-state index contributed by atoms with van der Waals surface area (Å²) in [6.45, 7) is 0. The Labute approximate surface area is 92.0 Å². The van der Waals surface area contributed by atoms with Crippen LogP contribution in [-0.2, 0) is 4.79 Å². The number of hydrogen-bond donors (Lipinski definition) is 0. The first-order chi connectivity index (χ1) is 7.33. The molecule has 15 heavy (non-hydrogen) atoms. The lowest BCUT2D eigenvalue weighted by Gasteiger charge is -2.00. The van der Waals surface area contributed by atoms with Gasteiger partial charge in [0.1, 0.15) is 0 Å². The molecule has 2 aromatic rings. The van der Waals surface area contributed by atoms with Gasteiger partial charge in [-0.2, -0.15) is 0 Å². The Bertz CT molecular complexity index is 606. The summed E-state index contributed by atoms with van der Waals surface area (Å²) in [6.07, 6.45) is 0.830. The van der Waals surface area contributed by atoms with Crippen LogP contribution in [-0.4, -0.2) is 6.29 Å². The van der Waals surface area contributed by atoms with Crippen LogP contribution in [0.3, 0.4) is 0 Å². The van der Waals surface area contributed by atoms with Gasteiger partial charge in [-0.15, -0.1) is 0 Å². The van der Waals surface area contributed by atoms with Crippen LogP contribution in [0.4, 0.5) is 0 Å². The molecule has 0 amide bonds. The van der Waals surface area contributed by atoms with Crippen molar-refractivity contribution in [2.75, 3.05) is 0 Å². The van der Waals surface area contributed by atoms with Gasteiger partial charge in [-0.3, -0.25) is 4.79 Å². The van der Waals surface area contributed by atoms with E-state index in [1.807, 2.05) is 36.4 Å². The second-order valence-electron chi connectivity index (χ2n) is 3.55. The van der Waals surface area contributed by atoms with Gasteiger partial charge >= 0.3 is 0 Å². The lowest BCUT2D eigenvalue weighted by Crippen LogP contribution is -1.81. The molecule has 0 heterocycles. The summed E-state index contributed by atoms with van der Waals surface area (Å²) >= 11 is 6.16. The number of halogens is 1. The molecule has 0 N–H and O–H groups in total. The average Bonchev–Trinajstić information content (AvgIpc) is 2.55. The highest BCUT2D eigenvalue weighted by molar-refractivity contribution is 6.59. The molecule has 1 aliphatic carbocycles. The molecule has 0 aromatic heterocycles. The standard InChI is InChI=1S/C13H7ClO/c14-13-10-6-2-4-8-3-1-5-9(12(8)10)11(13)7-15/h1-7H. The zero-order valence-electron chi connectivity index (χ0n) is 7.83. The van der Waals surface area contributed by atoms with E-state index in [9.17, 15) is 4.79 Å². The third-order valence-corrected chi connectivity index (χ3v) is 3.19. The van der Waals surface area contributed by atoms with E-state index in [0.717, 1.165) is 28.2 Å². The van der Waals surface area contributed by atoms with E-state index in [-0.39, 0.29) is 0 Å². The van der Waals surface area contributed by atoms with Crippen LogP contribution in [0.1, 0.15) is 11.1 Å². The van der Waals surface area contributed by atoms with Crippen LogP contribution in [0.2, 0.25) is 0 Å². The molecular formula is C13H7ClO. The van der Waals surface area contributed by atoms with Crippen molar-refractivity contribution in [2.45, 2.75) is 0 Å². The fourth-order valence-corrected chi connectivity index (χ4v) is 2.43. The quantitative estimate of drug-likeness (QED) is 0.665. The first-order valence-corrected chi connectivity index (χ1v) is 5.08. The fourth-order valence-electron chi connectivity index (χ4n) is 2.13. The third-order valence-electron chi connectivity index (χ3n) is 2.79. The monoisotopic (exact) mass is 214 g/mol. The highest BCUT2D eigenvalue weighted by Gasteiger charge is 2.21. The van der Waals surface area contributed by atoms with Crippen LogP contribution >= 0.6 is 11.6 Å². The van der Waals surface area contributed by atoms with E-state index in [1.54, 1.807) is 0 Å². The van der Waals surface area contributed by atoms with Gasteiger partial charge in [0.2, 0.25) is 0 Å². The van der Waals surface area contributed by atoms with E-state index in [4.69, 9.17) is 11.6 Å². The van der Waals surface area contributed by atoms with Gasteiger partial charge in [-0.1, -0.05) is 48.0 Å². The molecule has 0 unspecified atom stereocenters. The van der Waals surface area contributed by atoms with E-state index >= 15 is 0 Å². The van der Waals surface area contributed by atoms with Crippen LogP contribution in [0.15, 0.2) is 36.4 Å². The minimum Gasteiger partial charge on any atom is -0.298 e. The predicted molar refractivity (Wildman–Crippen MR) is 62.7 cm³/mol. The lowest BCUT2D eigenvalue weighted by molar-refractivity contribution is -0.103. The van der Waals surface area contributed by atoms with Crippen LogP contribution in [0, 0.1) is 0 Å². The van der Waals surface area contributed by atoms with Crippen molar-refractivity contribution in [1.29, 1.82) is 0 Å². The first kappa shape index (κ1) is 8.69. The number of rotatable bonds is 1. The largest absolute Gasteiger partial charge is 0.298 e. The maximum Gasteiger partial charge on any atom is 0.152 e. The maximum absolute atomic E-state index is 11.0. The summed E-state index contributed by atoms with van der Waals surface area (Å²) in [7, 11) is 0. The van der Waals surface area contributed by atoms with E-state index in [1.165, 1.54) is 0 Å². The number of carbonyl (C=O) groups excluding carboxylic acids is 1. The Kier molecular flexibility index (Phi) is 1.70. The Balaban J connectivity index is 2.55. The van der Waals surface area contributed by atoms with Gasteiger partial charge in [0.05, 0.1) is 5.03 Å². The topological polar surface area (TPSA) is 17.1 Å². The summed E-state index contributed by atoms with van der Waals surface area (Å²) in [4.78, 5) is 11.0. The molecule has 2 heteroatoms. The summed E-state index contributed by atoms with van der Waals surface area (Å²) in [5.41, 5.74) is 2.51. The molecule has 2 aromatic carbocycles. The van der Waals surface area contributed by atoms with Gasteiger partial charge in [-0.05, 0) is 16.3 Å². The van der Waals surface area contributed by atoms with Crippen LogP contribution < -0.4 is 0 Å². The van der Waals surface area contributed by atoms with Gasteiger partial charge in [0, 0.05) is 11.1 Å². The molecule has 0 fully saturated rings. The molecule has 0 saturated carbocycles. The average molecular weight is 215 g/mol. The van der Waals surface area contributed by atoms with Gasteiger partial charge in [0.25, 0.3) is 0 Å². The molecule has 72 valence electrons. The zero-order valence-corrected chi connectivity index (χ0v) is 8.58. The highest BCUT2D eigenvalue weighted by atomic mass is 35.5. The molecule has 0 saturated heterocycles. The van der Waals surface area contributed by atoms with Crippen molar-refractivity contribution in [3.8, 4) is 0 Å². The number of benzene rings is 2. The van der Waals surface area contributed by atoms with Crippen LogP contribution in [0.25, 0.3) is 21.4 Å². The lowest BCUT2D eigenvalue weighted by atomic mass is 10.0. The Morgan fingerprint density at radius 1 is 1.00 bits per heavy atom. The summed E-state index contributed by atoms with van der Waals surface area (Å²) in [5.74, 6) is 0. The van der Waals surface area contributed by atoms with Crippen molar-refractivity contribution in [3.05, 3.63) is 47.5 Å². The molecular weight excluding hydrogens is 208 g/mol. The highest BCUT2D eigenvalue weighted by Crippen LogP contribution is 2.42. The number of allylic oxidation sites excluding steroid dienone is 1. The number of carbonyl (C=O) groups is 1. The van der Waals surface area contributed by atoms with Crippen molar-refractivity contribution in [3.63, 3.8) is 0 Å². The molecule has 0 bridgehead atoms. The maximum atomic E-state index is 11.0. The van der Waals surface area contributed by atoms with Gasteiger partial charge < -0.3 is 0 Å². The minimum absolute atomic E-state index is 0.566. The van der Waals surface area contributed by atoms with Crippen molar-refractivity contribution in [1.82, 2.24) is 0 Å². The van der Waals surface area contributed by atoms with E-state index in [2.05, 4.69) is 0 Å². The third kappa shape index (κ3) is 1.01. The molecule has 3 rings (SSSR count). The SMILES string of the molecule is O=CC1=C(Cl)c2cccc3cccc1c23. The van der Waals surface area contributed by atoms with Crippen molar-refractivity contribution in [2.24, 2.45) is 0 Å². The molecule has 0 aliphatic heterocycles. The fraction of sp³-hybridized carbons (Fsp3) is 0. The van der Waals surface area contributed by atoms with Crippen molar-refractivity contribution < 1.29 is 4.79 Å².